The van der Waals surface area contributed by atoms with Crippen LogP contribution in [0.3, 0.4) is 0 Å². The summed E-state index contributed by atoms with van der Waals surface area (Å²) in [7, 11) is -1.47. The Bertz CT molecular complexity index is 777. The Kier molecular flexibility index (Phi) is 34.5. The summed E-state index contributed by atoms with van der Waals surface area (Å²) in [6.45, 7) is 6.66. The average molecular weight is 692 g/mol. The second kappa shape index (κ2) is 33.6. The molecule has 2 N–H and O–H groups in total. The van der Waals surface area contributed by atoms with Gasteiger partial charge in [0, 0.05) is 19.4 Å². The zero-order chi connectivity index (χ0) is 35.7. The summed E-state index contributed by atoms with van der Waals surface area (Å²) < 4.78 is 29.7. The molecule has 0 bridgehead atoms. The number of nitrogens with zero attached hydrogens (tertiary/aromatic N) is 1. The summed E-state index contributed by atoms with van der Waals surface area (Å²) in [6, 6.07) is 0. The van der Waals surface area contributed by atoms with E-state index in [-0.39, 0.29) is 18.2 Å². The largest absolute Gasteiger partial charge is 0.397 e. The van der Waals surface area contributed by atoms with Crippen molar-refractivity contribution in [3.05, 3.63) is 0 Å². The smallest absolute Gasteiger partial charge is 0.395 e. The van der Waals surface area contributed by atoms with Crippen LogP contribution in [-0.4, -0.2) is 67.4 Å². The number of carbonyl (C=O) groups is 2. The molecule has 8 nitrogen and oxygen atoms in total. The first-order valence-electron chi connectivity index (χ1n) is 19.4. The molecule has 282 valence electrons. The maximum absolute atomic E-state index is 13.3. The van der Waals surface area contributed by atoms with Crippen LogP contribution < -0.4 is 0 Å². The van der Waals surface area contributed by atoms with E-state index in [1.807, 2.05) is 7.05 Å². The van der Waals surface area contributed by atoms with Gasteiger partial charge < -0.3 is 5.11 Å². The topological polar surface area (TPSA) is 121 Å². The molecule has 0 saturated heterocycles. The molecule has 0 saturated carbocycles. The van der Waals surface area contributed by atoms with Gasteiger partial charge in [-0.25, -0.2) is 0 Å². The van der Waals surface area contributed by atoms with Crippen molar-refractivity contribution in [1.29, 1.82) is 0 Å². The third-order valence-corrected chi connectivity index (χ3v) is 9.93. The number of unbranched alkanes of at least 4 members (excludes halogenated alkanes) is 24. The third kappa shape index (κ3) is 29.7. The molecule has 9 heteroatoms. The molecule has 0 aromatic carbocycles. The maximum Gasteiger partial charge on any atom is 0.397 e. The number of aliphatic hydroxyl groups is 1. The van der Waals surface area contributed by atoms with E-state index in [0.717, 1.165) is 32.8 Å². The molecule has 47 heavy (non-hydrogen) atoms. The molecule has 0 aliphatic heterocycles. The predicted molar refractivity (Wildman–Crippen MR) is 197 cm³/mol. The Hall–Kier alpha value is -0.870. The molecule has 0 heterocycles. The van der Waals surface area contributed by atoms with Gasteiger partial charge in [0.15, 0.2) is 11.6 Å². The number of aliphatic hydroxyl groups excluding tert-OH is 1. The molecule has 0 aromatic heterocycles. The van der Waals surface area contributed by atoms with Gasteiger partial charge in [0.05, 0.1) is 13.7 Å². The number of hydrogen-bond acceptors (Lipinski definition) is 7. The molecule has 0 spiro atoms. The summed E-state index contributed by atoms with van der Waals surface area (Å²) in [5.41, 5.74) is -1.10. The van der Waals surface area contributed by atoms with Crippen molar-refractivity contribution < 1.29 is 31.8 Å². The van der Waals surface area contributed by atoms with Crippen LogP contribution >= 0.6 is 0 Å². The van der Waals surface area contributed by atoms with Gasteiger partial charge in [-0.2, -0.15) is 8.42 Å². The number of rotatable bonds is 34. The highest BCUT2D eigenvalue weighted by molar-refractivity contribution is 7.80. The monoisotopic (exact) mass is 692 g/mol. The van der Waals surface area contributed by atoms with Crippen LogP contribution in [0.15, 0.2) is 0 Å². The molecule has 0 aromatic rings. The normalized spacial score (nSPS) is 11.9. The van der Waals surface area contributed by atoms with Crippen LogP contribution in [0.2, 0.25) is 0 Å². The minimum absolute atomic E-state index is 0.0376. The van der Waals surface area contributed by atoms with Gasteiger partial charge in [-0.1, -0.05) is 168 Å². The predicted octanol–water partition coefficient (Wildman–Crippen LogP) is 10.2. The Morgan fingerprint density at radius 1 is 0.574 bits per heavy atom. The van der Waals surface area contributed by atoms with Crippen molar-refractivity contribution >= 4 is 22.0 Å². The quantitative estimate of drug-likeness (QED) is 0.0388. The molecule has 0 fully saturated rings. The number of hydrogen-bond donors (Lipinski definition) is 2. The summed E-state index contributed by atoms with van der Waals surface area (Å²) >= 11 is 0. The first-order valence-corrected chi connectivity index (χ1v) is 20.8. The number of likely N-dealkylation sites (N-methyl/N-ethyl adjacent to an activating group) is 1. The van der Waals surface area contributed by atoms with Gasteiger partial charge in [-0.3, -0.25) is 23.2 Å². The molecular weight excluding hydrogens is 614 g/mol. The van der Waals surface area contributed by atoms with E-state index in [4.69, 9.17) is 4.55 Å². The van der Waals surface area contributed by atoms with E-state index >= 15 is 0 Å². The lowest BCUT2D eigenvalue weighted by Gasteiger charge is -2.36. The van der Waals surface area contributed by atoms with Crippen LogP contribution in [0.4, 0.5) is 0 Å². The van der Waals surface area contributed by atoms with Crippen molar-refractivity contribution in [2.24, 2.45) is 0 Å². The standard InChI is InChI=1S/C37H73NO3.CH4O4S/c1-5-7-9-11-13-15-17-19-21-23-25-27-29-31-35(40)37(3,38(4)33-34-39)36(41)32-30-28-26-24-22-20-18-16-14-12-10-8-6-2;1-5-6(2,3)4/h39H,5-34H2,1-4H3;1H3,(H,2,3,4). The SMILES string of the molecule is CCCCCCCCCCCCCCCC(=O)C(C)(C(=O)CCCCCCCCCCCCCCC)N(C)CCO.COS(=O)(=O)O. The van der Waals surface area contributed by atoms with E-state index in [9.17, 15) is 23.1 Å². The van der Waals surface area contributed by atoms with Gasteiger partial charge in [0.25, 0.3) is 0 Å². The second-order valence-corrected chi connectivity index (χ2v) is 14.8. The molecule has 0 atom stereocenters. The molecule has 0 radical (unpaired) electrons. The minimum atomic E-state index is -4.16. The lowest BCUT2D eigenvalue weighted by molar-refractivity contribution is -0.142. The fraction of sp³-hybridized carbons (Fsp3) is 0.947. The van der Waals surface area contributed by atoms with Crippen molar-refractivity contribution in [3.8, 4) is 0 Å². The second-order valence-electron chi connectivity index (χ2n) is 13.6. The highest BCUT2D eigenvalue weighted by Gasteiger charge is 2.42. The van der Waals surface area contributed by atoms with E-state index in [2.05, 4.69) is 18.0 Å². The summed E-state index contributed by atoms with van der Waals surface area (Å²) in [5, 5.41) is 9.50. The Morgan fingerprint density at radius 3 is 1.02 bits per heavy atom. The third-order valence-electron chi connectivity index (χ3n) is 9.51. The van der Waals surface area contributed by atoms with E-state index in [0.29, 0.717) is 19.4 Å². The Labute approximate surface area is 291 Å². The van der Waals surface area contributed by atoms with E-state index in [1.165, 1.54) is 141 Å². The van der Waals surface area contributed by atoms with Crippen molar-refractivity contribution in [3.63, 3.8) is 0 Å². The van der Waals surface area contributed by atoms with Crippen molar-refractivity contribution in [1.82, 2.24) is 4.90 Å². The average Bonchev–Trinajstić information content (AvgIpc) is 3.04. The molecule has 0 rings (SSSR count). The van der Waals surface area contributed by atoms with Crippen molar-refractivity contribution in [2.45, 2.75) is 206 Å². The maximum atomic E-state index is 13.3. The van der Waals surface area contributed by atoms with Gasteiger partial charge in [-0.05, 0) is 26.8 Å². The Morgan fingerprint density at radius 2 is 0.809 bits per heavy atom. The summed E-state index contributed by atoms with van der Waals surface area (Å²) in [5.74, 6) is 0.0763. The van der Waals surface area contributed by atoms with Gasteiger partial charge in [-0.15, -0.1) is 0 Å². The zero-order valence-electron chi connectivity index (χ0n) is 31.5. The highest BCUT2D eigenvalue weighted by Crippen LogP contribution is 2.24. The van der Waals surface area contributed by atoms with Crippen LogP contribution in [0.5, 0.6) is 0 Å². The van der Waals surface area contributed by atoms with E-state index < -0.39 is 15.9 Å². The summed E-state index contributed by atoms with van der Waals surface area (Å²) in [4.78, 5) is 28.4. The lowest BCUT2D eigenvalue weighted by atomic mass is 9.84. The minimum Gasteiger partial charge on any atom is -0.395 e. The van der Waals surface area contributed by atoms with Crippen molar-refractivity contribution in [2.75, 3.05) is 27.3 Å². The van der Waals surface area contributed by atoms with Gasteiger partial charge >= 0.3 is 10.4 Å². The number of β-amino-alcohol motifs (C(OH)–C–C–N with tert-alkyl or cyclic N) is 1. The highest BCUT2D eigenvalue weighted by atomic mass is 32.3. The number of ketones is 2. The molecule has 0 amide bonds. The Balaban J connectivity index is 0. The van der Waals surface area contributed by atoms with E-state index in [1.54, 1.807) is 11.8 Å². The van der Waals surface area contributed by atoms with Crippen LogP contribution in [-0.2, 0) is 24.2 Å². The first-order chi connectivity index (χ1) is 22.5. The van der Waals surface area contributed by atoms with Gasteiger partial charge in [0.1, 0.15) is 5.54 Å². The first kappa shape index (κ1) is 48.2. The lowest BCUT2D eigenvalue weighted by Crippen LogP contribution is -2.57. The fourth-order valence-corrected chi connectivity index (χ4v) is 6.05. The van der Waals surface area contributed by atoms with Gasteiger partial charge in [0.2, 0.25) is 0 Å². The summed E-state index contributed by atoms with van der Waals surface area (Å²) in [6.07, 6.45) is 34.2. The molecule has 0 aliphatic rings. The number of Topliss-reactive ketones (excluding diaryl/α,β-unsaturated/α-hetero) is 2. The molecular formula is C38H77NO7S. The van der Waals surface area contributed by atoms with Crippen LogP contribution in [0, 0.1) is 0 Å². The fourth-order valence-electron chi connectivity index (χ4n) is 6.05. The van der Waals surface area contributed by atoms with Crippen LogP contribution in [0.1, 0.15) is 201 Å². The van der Waals surface area contributed by atoms with Crippen LogP contribution in [0.25, 0.3) is 0 Å². The molecule has 0 unspecified atom stereocenters. The number of carbonyl (C=O) groups excluding carboxylic acids is 2. The zero-order valence-corrected chi connectivity index (χ0v) is 32.3. The molecule has 0 aliphatic carbocycles.